The van der Waals surface area contributed by atoms with Crippen LogP contribution in [0.3, 0.4) is 0 Å². The molecule has 8 nitrogen and oxygen atoms in total. The van der Waals surface area contributed by atoms with Gasteiger partial charge < -0.3 is 20.9 Å². The Morgan fingerprint density at radius 1 is 1.36 bits per heavy atom. The molecular formula is C14H22N6O2. The van der Waals surface area contributed by atoms with Crippen LogP contribution < -0.4 is 16.0 Å². The molecule has 1 aromatic heterocycles. The summed E-state index contributed by atoms with van der Waals surface area (Å²) in [7, 11) is 3.41. The van der Waals surface area contributed by atoms with Crippen molar-refractivity contribution in [3.8, 4) is 0 Å². The molecule has 1 saturated heterocycles. The Morgan fingerprint density at radius 3 is 2.68 bits per heavy atom. The molecule has 1 aliphatic heterocycles. The van der Waals surface area contributed by atoms with E-state index in [0.717, 1.165) is 19.4 Å². The summed E-state index contributed by atoms with van der Waals surface area (Å²) in [6.07, 6.45) is 4.75. The van der Waals surface area contributed by atoms with E-state index in [-0.39, 0.29) is 23.8 Å². The summed E-state index contributed by atoms with van der Waals surface area (Å²) in [6, 6.07) is -0.160. The molecule has 0 saturated carbocycles. The highest BCUT2D eigenvalue weighted by molar-refractivity contribution is 5.95. The zero-order chi connectivity index (χ0) is 16.3. The third-order valence-corrected chi connectivity index (χ3v) is 3.89. The summed E-state index contributed by atoms with van der Waals surface area (Å²) in [5, 5.41) is 3.00. The van der Waals surface area contributed by atoms with Crippen LogP contribution in [0.4, 0.5) is 10.6 Å². The Hall–Kier alpha value is -2.38. The number of piperidine rings is 1. The zero-order valence-corrected chi connectivity index (χ0v) is 13.1. The molecule has 2 rings (SSSR count). The van der Waals surface area contributed by atoms with Crippen molar-refractivity contribution in [2.75, 3.05) is 25.5 Å². The predicted molar refractivity (Wildman–Crippen MR) is 82.6 cm³/mol. The zero-order valence-electron chi connectivity index (χ0n) is 13.1. The molecule has 1 aliphatic rings. The van der Waals surface area contributed by atoms with Gasteiger partial charge in [-0.15, -0.1) is 0 Å². The third-order valence-electron chi connectivity index (χ3n) is 3.89. The quantitative estimate of drug-likeness (QED) is 0.830. The van der Waals surface area contributed by atoms with Crippen LogP contribution in [-0.2, 0) is 0 Å². The molecule has 0 aliphatic carbocycles. The number of carbonyl (C=O) groups is 2. The number of nitrogens with one attached hydrogen (secondary N) is 1. The highest BCUT2D eigenvalue weighted by Gasteiger charge is 2.32. The molecule has 0 radical (unpaired) electrons. The van der Waals surface area contributed by atoms with Crippen molar-refractivity contribution in [3.63, 3.8) is 0 Å². The van der Waals surface area contributed by atoms with Crippen LogP contribution in [0.5, 0.6) is 0 Å². The lowest BCUT2D eigenvalue weighted by atomic mass is 9.97. The first-order valence-corrected chi connectivity index (χ1v) is 7.27. The normalized spacial score (nSPS) is 21.3. The van der Waals surface area contributed by atoms with Crippen LogP contribution >= 0.6 is 0 Å². The van der Waals surface area contributed by atoms with Gasteiger partial charge in [-0.3, -0.25) is 4.79 Å². The molecule has 0 aromatic carbocycles. The summed E-state index contributed by atoms with van der Waals surface area (Å²) in [6.45, 7) is 2.74. The van der Waals surface area contributed by atoms with E-state index in [9.17, 15) is 9.59 Å². The Labute approximate surface area is 129 Å². The molecule has 1 fully saturated rings. The average molecular weight is 306 g/mol. The van der Waals surface area contributed by atoms with Gasteiger partial charge in [-0.25, -0.2) is 14.8 Å². The van der Waals surface area contributed by atoms with Gasteiger partial charge in [-0.2, -0.15) is 0 Å². The molecule has 2 atom stereocenters. The van der Waals surface area contributed by atoms with Gasteiger partial charge in [0.1, 0.15) is 0 Å². The maximum absolute atomic E-state index is 11.9. The second-order valence-electron chi connectivity index (χ2n) is 5.62. The first-order valence-electron chi connectivity index (χ1n) is 7.27. The number of anilines is 1. The molecule has 2 heterocycles. The topological polar surface area (TPSA) is 104 Å². The molecule has 22 heavy (non-hydrogen) atoms. The monoisotopic (exact) mass is 306 g/mol. The van der Waals surface area contributed by atoms with Gasteiger partial charge in [0, 0.05) is 39.1 Å². The Morgan fingerprint density at radius 2 is 2.05 bits per heavy atom. The van der Waals surface area contributed by atoms with Crippen LogP contribution in [-0.4, -0.2) is 59.5 Å². The first kappa shape index (κ1) is 16.0. The van der Waals surface area contributed by atoms with Crippen molar-refractivity contribution in [1.82, 2.24) is 20.2 Å². The smallest absolute Gasteiger partial charge is 0.317 e. The highest BCUT2D eigenvalue weighted by Crippen LogP contribution is 2.25. The largest absolute Gasteiger partial charge is 0.364 e. The van der Waals surface area contributed by atoms with Crippen molar-refractivity contribution < 1.29 is 9.59 Å². The number of amides is 3. The number of carbonyl (C=O) groups excluding carboxylic acids is 2. The van der Waals surface area contributed by atoms with E-state index in [1.807, 2.05) is 11.8 Å². The van der Waals surface area contributed by atoms with Crippen LogP contribution in [0, 0.1) is 0 Å². The number of nitrogens with two attached hydrogens (primary N) is 1. The minimum absolute atomic E-state index is 0.00699. The summed E-state index contributed by atoms with van der Waals surface area (Å²) in [5.74, 6) is -0.124. The number of nitrogens with zero attached hydrogens (tertiary/aromatic N) is 4. The average Bonchev–Trinajstić information content (AvgIpc) is 2.49. The number of hydrogen-bond acceptors (Lipinski definition) is 5. The van der Waals surface area contributed by atoms with Gasteiger partial charge in [0.25, 0.3) is 5.91 Å². The van der Waals surface area contributed by atoms with E-state index in [1.165, 1.54) is 17.3 Å². The van der Waals surface area contributed by atoms with E-state index in [0.29, 0.717) is 5.82 Å². The third kappa shape index (κ3) is 3.26. The fourth-order valence-corrected chi connectivity index (χ4v) is 2.64. The SMILES string of the molecule is C[C@@H]1[C@H](NC(=O)N(C)C)CCCN1c1nccnc1C(N)=O. The molecule has 0 spiro atoms. The standard InChI is InChI=1S/C14H22N6O2/c1-9-10(18-14(22)19(2)3)5-4-8-20(9)13-11(12(15)21)16-6-7-17-13/h6-7,9-10H,4-5,8H2,1-3H3,(H2,15,21)(H,18,22)/t9-,10-/m1/s1. The van der Waals surface area contributed by atoms with Crippen LogP contribution in [0.1, 0.15) is 30.3 Å². The fourth-order valence-electron chi connectivity index (χ4n) is 2.64. The lowest BCUT2D eigenvalue weighted by molar-refractivity contribution is 0.0995. The van der Waals surface area contributed by atoms with Gasteiger partial charge in [0.15, 0.2) is 11.5 Å². The maximum atomic E-state index is 11.9. The van der Waals surface area contributed by atoms with Crippen LogP contribution in [0.15, 0.2) is 12.4 Å². The summed E-state index contributed by atoms with van der Waals surface area (Å²) >= 11 is 0. The lowest BCUT2D eigenvalue weighted by Gasteiger charge is -2.40. The fraction of sp³-hybridized carbons (Fsp3) is 0.571. The Kier molecular flexibility index (Phi) is 4.79. The van der Waals surface area contributed by atoms with Gasteiger partial charge in [0.05, 0.1) is 6.04 Å². The second kappa shape index (κ2) is 6.59. The molecule has 3 N–H and O–H groups in total. The van der Waals surface area contributed by atoms with Crippen molar-refractivity contribution in [3.05, 3.63) is 18.1 Å². The Balaban J connectivity index is 2.22. The van der Waals surface area contributed by atoms with E-state index in [4.69, 9.17) is 5.73 Å². The first-order chi connectivity index (χ1) is 10.4. The van der Waals surface area contributed by atoms with E-state index >= 15 is 0 Å². The summed E-state index contributed by atoms with van der Waals surface area (Å²) < 4.78 is 0. The van der Waals surface area contributed by atoms with Crippen LogP contribution in [0.2, 0.25) is 0 Å². The van der Waals surface area contributed by atoms with Crippen molar-refractivity contribution in [1.29, 1.82) is 0 Å². The molecule has 0 bridgehead atoms. The highest BCUT2D eigenvalue weighted by atomic mass is 16.2. The number of urea groups is 1. The Bertz CT molecular complexity index is 562. The minimum Gasteiger partial charge on any atom is -0.364 e. The molecule has 0 unspecified atom stereocenters. The van der Waals surface area contributed by atoms with Gasteiger partial charge in [0.2, 0.25) is 0 Å². The number of rotatable bonds is 3. The van der Waals surface area contributed by atoms with Crippen LogP contribution in [0.25, 0.3) is 0 Å². The molecule has 1 aromatic rings. The van der Waals surface area contributed by atoms with Crippen molar-refractivity contribution in [2.45, 2.75) is 31.8 Å². The summed E-state index contributed by atoms with van der Waals surface area (Å²) in [4.78, 5) is 35.2. The van der Waals surface area contributed by atoms with E-state index < -0.39 is 5.91 Å². The maximum Gasteiger partial charge on any atom is 0.317 e. The van der Waals surface area contributed by atoms with Crippen molar-refractivity contribution >= 4 is 17.8 Å². The number of hydrogen-bond donors (Lipinski definition) is 2. The molecule has 3 amide bonds. The van der Waals surface area contributed by atoms with Gasteiger partial charge in [-0.1, -0.05) is 0 Å². The second-order valence-corrected chi connectivity index (χ2v) is 5.62. The minimum atomic E-state index is -0.602. The lowest BCUT2D eigenvalue weighted by Crippen LogP contribution is -2.56. The van der Waals surface area contributed by atoms with Gasteiger partial charge in [-0.05, 0) is 19.8 Å². The molecular weight excluding hydrogens is 284 g/mol. The summed E-state index contributed by atoms with van der Waals surface area (Å²) in [5.41, 5.74) is 5.54. The van der Waals surface area contributed by atoms with E-state index in [2.05, 4.69) is 15.3 Å². The number of aromatic nitrogens is 2. The van der Waals surface area contributed by atoms with E-state index in [1.54, 1.807) is 14.1 Å². The van der Waals surface area contributed by atoms with Gasteiger partial charge >= 0.3 is 6.03 Å². The molecule has 120 valence electrons. The van der Waals surface area contributed by atoms with Crippen molar-refractivity contribution in [2.24, 2.45) is 5.73 Å². The number of primary amides is 1. The predicted octanol–water partition coefficient (Wildman–Crippen LogP) is 0.204. The molecule has 8 heteroatoms.